The minimum absolute atomic E-state index is 0.0735. The van der Waals surface area contributed by atoms with Crippen LogP contribution in [0.1, 0.15) is 175 Å². The van der Waals surface area contributed by atoms with Crippen molar-refractivity contribution in [1.82, 2.24) is 0 Å². The average Bonchev–Trinajstić information content (AvgIpc) is 3.13. The normalized spacial score (nSPS) is 51.6. The second-order valence-corrected chi connectivity index (χ2v) is 20.4. The number of rotatable bonds is 5. The molecule has 7 fully saturated rings. The van der Waals surface area contributed by atoms with Gasteiger partial charge in [-0.25, -0.2) is 22.0 Å². The molecule has 0 aliphatic heterocycles. The van der Waals surface area contributed by atoms with Gasteiger partial charge in [0.25, 0.3) is 0 Å². The van der Waals surface area contributed by atoms with E-state index in [1.54, 1.807) is 0 Å². The third kappa shape index (κ3) is 10.3. The summed E-state index contributed by atoms with van der Waals surface area (Å²) in [5.74, 6) is 8.39. The average molecular weight is 725 g/mol. The van der Waals surface area contributed by atoms with Crippen LogP contribution in [0.4, 0.5) is 22.0 Å². The van der Waals surface area contributed by atoms with Crippen LogP contribution in [0.5, 0.6) is 0 Å². The van der Waals surface area contributed by atoms with Crippen LogP contribution in [0.25, 0.3) is 0 Å². The lowest BCUT2D eigenvalue weighted by Gasteiger charge is -2.45. The zero-order chi connectivity index (χ0) is 36.2. The summed E-state index contributed by atoms with van der Waals surface area (Å²) >= 11 is 0. The molecule has 296 valence electrons. The van der Waals surface area contributed by atoms with Crippen molar-refractivity contribution in [2.75, 3.05) is 0 Å². The van der Waals surface area contributed by atoms with Crippen LogP contribution in [0.2, 0.25) is 0 Å². The number of hydrogen-bond acceptors (Lipinski definition) is 0. The molecular formula is C46H77F5. The molecule has 7 rings (SSSR count). The van der Waals surface area contributed by atoms with Gasteiger partial charge in [-0.3, -0.25) is 0 Å². The second-order valence-electron chi connectivity index (χ2n) is 20.4. The number of halogens is 5. The Morgan fingerprint density at radius 2 is 0.627 bits per heavy atom. The van der Waals surface area contributed by atoms with Crippen molar-refractivity contribution in [2.24, 2.45) is 82.9 Å². The standard InChI is InChI=1S/C27H46F2.C19H31F3/c1-17-4-6-20(7-5-17)21-8-10-22(11-9-21)23-12-13-25(27(29)15-23)24-14-18(2)19(3)26(28)16-24;1-12-2-4-13(5-3-12)14-6-8-15(9-7-14)16-10-17(20)19(22)18(21)11-16/h17-27H,4-16H2,1-3H3;12-19H,2-11H2,1H3. The van der Waals surface area contributed by atoms with E-state index in [9.17, 15) is 17.6 Å². The van der Waals surface area contributed by atoms with E-state index >= 15 is 4.39 Å². The van der Waals surface area contributed by atoms with Crippen LogP contribution in [0.15, 0.2) is 0 Å². The van der Waals surface area contributed by atoms with E-state index in [2.05, 4.69) is 20.8 Å². The van der Waals surface area contributed by atoms with Crippen molar-refractivity contribution in [3.8, 4) is 0 Å². The molecule has 0 bridgehead atoms. The Balaban J connectivity index is 0.000000183. The van der Waals surface area contributed by atoms with Crippen molar-refractivity contribution >= 4 is 0 Å². The minimum Gasteiger partial charge on any atom is -0.247 e. The molecule has 9 unspecified atom stereocenters. The summed E-state index contributed by atoms with van der Waals surface area (Å²) in [6.45, 7) is 8.99. The summed E-state index contributed by atoms with van der Waals surface area (Å²) in [6.07, 6.45) is 20.2. The van der Waals surface area contributed by atoms with Crippen molar-refractivity contribution < 1.29 is 22.0 Å². The van der Waals surface area contributed by atoms with Crippen molar-refractivity contribution in [2.45, 2.75) is 206 Å². The summed E-state index contributed by atoms with van der Waals surface area (Å²) in [4.78, 5) is 0. The predicted molar refractivity (Wildman–Crippen MR) is 202 cm³/mol. The predicted octanol–water partition coefficient (Wildman–Crippen LogP) is 14.4. The molecule has 0 N–H and O–H groups in total. The summed E-state index contributed by atoms with van der Waals surface area (Å²) in [7, 11) is 0. The summed E-state index contributed by atoms with van der Waals surface area (Å²) in [5, 5.41) is 0. The Bertz CT molecular complexity index is 979. The molecular weight excluding hydrogens is 647 g/mol. The molecule has 0 aromatic rings. The molecule has 7 saturated carbocycles. The molecule has 0 spiro atoms. The Kier molecular flexibility index (Phi) is 14.6. The van der Waals surface area contributed by atoms with E-state index in [1.165, 1.54) is 96.3 Å². The first-order chi connectivity index (χ1) is 24.5. The Morgan fingerprint density at radius 1 is 0.294 bits per heavy atom. The van der Waals surface area contributed by atoms with Crippen molar-refractivity contribution in [1.29, 1.82) is 0 Å². The van der Waals surface area contributed by atoms with E-state index in [0.29, 0.717) is 24.2 Å². The fourth-order valence-electron chi connectivity index (χ4n) is 13.4. The van der Waals surface area contributed by atoms with Gasteiger partial charge in [0.05, 0.1) is 0 Å². The van der Waals surface area contributed by atoms with Gasteiger partial charge in [0, 0.05) is 0 Å². The van der Waals surface area contributed by atoms with Crippen LogP contribution < -0.4 is 0 Å². The fraction of sp³-hybridized carbons (Fsp3) is 1.00. The molecule has 0 amide bonds. The molecule has 7 aliphatic rings. The fourth-order valence-corrected chi connectivity index (χ4v) is 13.4. The maximum absolute atomic E-state index is 15.3. The molecule has 0 heterocycles. The first kappa shape index (κ1) is 40.3. The lowest BCUT2D eigenvalue weighted by Crippen LogP contribution is -2.40. The van der Waals surface area contributed by atoms with Crippen LogP contribution in [0, 0.1) is 82.9 Å². The van der Waals surface area contributed by atoms with Gasteiger partial charge in [0.15, 0.2) is 6.17 Å². The van der Waals surface area contributed by atoms with Gasteiger partial charge >= 0.3 is 0 Å². The van der Waals surface area contributed by atoms with Gasteiger partial charge < -0.3 is 0 Å². The first-order valence-corrected chi connectivity index (χ1v) is 22.7. The highest BCUT2D eigenvalue weighted by Crippen LogP contribution is 2.50. The van der Waals surface area contributed by atoms with Gasteiger partial charge in [-0.05, 0) is 205 Å². The quantitative estimate of drug-likeness (QED) is 0.248. The Labute approximate surface area is 310 Å². The number of hydrogen-bond donors (Lipinski definition) is 0. The molecule has 51 heavy (non-hydrogen) atoms. The summed E-state index contributed by atoms with van der Waals surface area (Å²) in [6, 6.07) is 0. The second kappa shape index (κ2) is 18.5. The Morgan fingerprint density at radius 3 is 1.04 bits per heavy atom. The van der Waals surface area contributed by atoms with Crippen LogP contribution >= 0.6 is 0 Å². The van der Waals surface area contributed by atoms with E-state index in [4.69, 9.17) is 0 Å². The molecule has 5 heteroatoms. The topological polar surface area (TPSA) is 0 Å². The Hall–Kier alpha value is -0.350. The highest BCUT2D eigenvalue weighted by molar-refractivity contribution is 4.94. The van der Waals surface area contributed by atoms with Gasteiger partial charge in [0.2, 0.25) is 0 Å². The molecule has 0 aromatic heterocycles. The van der Waals surface area contributed by atoms with Crippen molar-refractivity contribution in [3.63, 3.8) is 0 Å². The maximum Gasteiger partial charge on any atom is 0.162 e. The minimum atomic E-state index is -1.88. The smallest absolute Gasteiger partial charge is 0.162 e. The van der Waals surface area contributed by atoms with Crippen molar-refractivity contribution in [3.05, 3.63) is 0 Å². The zero-order valence-corrected chi connectivity index (χ0v) is 33.1. The lowest BCUT2D eigenvalue weighted by molar-refractivity contribution is -0.00699. The van der Waals surface area contributed by atoms with Crippen LogP contribution in [0.3, 0.4) is 0 Å². The third-order valence-corrected chi connectivity index (χ3v) is 17.3. The molecule has 0 aromatic carbocycles. The zero-order valence-electron chi connectivity index (χ0n) is 33.1. The van der Waals surface area contributed by atoms with Gasteiger partial charge in [0.1, 0.15) is 24.7 Å². The van der Waals surface area contributed by atoms with Gasteiger partial charge in [-0.2, -0.15) is 0 Å². The van der Waals surface area contributed by atoms with Gasteiger partial charge in [-0.1, -0.05) is 53.4 Å². The molecule has 0 saturated heterocycles. The SMILES string of the molecule is CC1CCC(C2CCC(C3CC(F)C(F)C(F)C3)CC2)CC1.CC1CCC(C2CCC(C3CCC(C4CC(C)C(C)C(F)C4)C(F)C3)CC2)CC1. The summed E-state index contributed by atoms with van der Waals surface area (Å²) in [5.41, 5.74) is 0. The van der Waals surface area contributed by atoms with Crippen LogP contribution in [-0.4, -0.2) is 30.9 Å². The van der Waals surface area contributed by atoms with E-state index in [-0.39, 0.29) is 36.5 Å². The highest BCUT2D eigenvalue weighted by atomic mass is 19.2. The van der Waals surface area contributed by atoms with E-state index in [0.717, 1.165) is 73.5 Å². The largest absolute Gasteiger partial charge is 0.247 e. The van der Waals surface area contributed by atoms with E-state index < -0.39 is 30.9 Å². The lowest BCUT2D eigenvalue weighted by atomic mass is 9.61. The molecule has 9 atom stereocenters. The monoisotopic (exact) mass is 725 g/mol. The highest BCUT2D eigenvalue weighted by Gasteiger charge is 2.45. The first-order valence-electron chi connectivity index (χ1n) is 22.7. The van der Waals surface area contributed by atoms with Gasteiger partial charge in [-0.15, -0.1) is 0 Å². The van der Waals surface area contributed by atoms with Crippen LogP contribution in [-0.2, 0) is 0 Å². The molecule has 0 nitrogen and oxygen atoms in total. The number of alkyl halides is 5. The van der Waals surface area contributed by atoms with E-state index in [1.807, 2.05) is 6.92 Å². The molecule has 7 aliphatic carbocycles. The molecule has 0 radical (unpaired) electrons. The third-order valence-electron chi connectivity index (χ3n) is 17.3. The summed E-state index contributed by atoms with van der Waals surface area (Å²) < 4.78 is 70.2. The maximum atomic E-state index is 15.3.